The van der Waals surface area contributed by atoms with Crippen LogP contribution < -0.4 is 0 Å². The van der Waals surface area contributed by atoms with Crippen molar-refractivity contribution in [3.05, 3.63) is 33.8 Å². The van der Waals surface area contributed by atoms with Crippen molar-refractivity contribution in [3.8, 4) is 0 Å². The zero-order valence-corrected chi connectivity index (χ0v) is 9.72. The molecule has 1 saturated carbocycles. The summed E-state index contributed by atoms with van der Waals surface area (Å²) in [6, 6.07) is 3.88. The van der Waals surface area contributed by atoms with Crippen molar-refractivity contribution >= 4 is 33.0 Å². The number of rotatable bonds is 1. The first-order chi connectivity index (χ1) is 6.75. The van der Waals surface area contributed by atoms with Crippen LogP contribution in [0, 0.1) is 0 Å². The molecule has 72 valence electrons. The quantitative estimate of drug-likeness (QED) is 0.774. The lowest BCUT2D eigenvalue weighted by molar-refractivity contribution is 0.919. The molecule has 2 aromatic heterocycles. The number of hydrogen-bond donors (Lipinski definition) is 0. The topological polar surface area (TPSA) is 17.3 Å². The fraction of sp³-hybridized carbons (Fsp3) is 0.300. The van der Waals surface area contributed by atoms with Crippen LogP contribution in [0.25, 0.3) is 5.52 Å². The number of nitrogens with zero attached hydrogens (tertiary/aromatic N) is 2. The van der Waals surface area contributed by atoms with Crippen LogP contribution in [-0.2, 0) is 0 Å². The molecule has 0 aliphatic heterocycles. The van der Waals surface area contributed by atoms with Crippen molar-refractivity contribution in [1.82, 2.24) is 9.38 Å². The summed E-state index contributed by atoms with van der Waals surface area (Å²) in [6.45, 7) is 0. The highest BCUT2D eigenvalue weighted by Crippen LogP contribution is 2.40. The SMILES string of the molecule is Clc1ccc2c(Br)nc(C3CC3)n2c1. The minimum Gasteiger partial charge on any atom is -0.301 e. The maximum atomic E-state index is 5.96. The van der Waals surface area contributed by atoms with Gasteiger partial charge in [0.25, 0.3) is 0 Å². The van der Waals surface area contributed by atoms with Crippen LogP contribution in [0.5, 0.6) is 0 Å². The van der Waals surface area contributed by atoms with E-state index in [4.69, 9.17) is 11.6 Å². The second kappa shape index (κ2) is 2.97. The minimum absolute atomic E-state index is 0.632. The molecule has 0 atom stereocenters. The van der Waals surface area contributed by atoms with Crippen LogP contribution in [0.4, 0.5) is 0 Å². The highest BCUT2D eigenvalue weighted by molar-refractivity contribution is 9.10. The Balaban J connectivity index is 2.33. The molecule has 0 spiro atoms. The van der Waals surface area contributed by atoms with Gasteiger partial charge < -0.3 is 4.40 Å². The first-order valence-corrected chi connectivity index (χ1v) is 5.76. The van der Waals surface area contributed by atoms with E-state index in [1.54, 1.807) is 0 Å². The molecule has 0 aromatic carbocycles. The van der Waals surface area contributed by atoms with Crippen molar-refractivity contribution in [3.63, 3.8) is 0 Å². The molecule has 4 heteroatoms. The Bertz CT molecular complexity index is 502. The Morgan fingerprint density at radius 1 is 1.43 bits per heavy atom. The minimum atomic E-state index is 0.632. The molecule has 0 saturated heterocycles. The monoisotopic (exact) mass is 270 g/mol. The van der Waals surface area contributed by atoms with E-state index in [2.05, 4.69) is 25.3 Å². The third-order valence-corrected chi connectivity index (χ3v) is 3.33. The van der Waals surface area contributed by atoms with Gasteiger partial charge in [0.15, 0.2) is 0 Å². The molecule has 0 radical (unpaired) electrons. The summed E-state index contributed by atoms with van der Waals surface area (Å²) in [5.74, 6) is 1.77. The van der Waals surface area contributed by atoms with Crippen LogP contribution in [0.15, 0.2) is 22.9 Å². The molecule has 14 heavy (non-hydrogen) atoms. The maximum Gasteiger partial charge on any atom is 0.132 e. The van der Waals surface area contributed by atoms with Gasteiger partial charge in [0.1, 0.15) is 10.4 Å². The molecule has 1 aliphatic carbocycles. The molecule has 2 nitrogen and oxygen atoms in total. The summed E-state index contributed by atoms with van der Waals surface area (Å²) in [4.78, 5) is 4.51. The van der Waals surface area contributed by atoms with Gasteiger partial charge in [-0.15, -0.1) is 0 Å². The van der Waals surface area contributed by atoms with Crippen LogP contribution in [0.2, 0.25) is 5.02 Å². The number of hydrogen-bond acceptors (Lipinski definition) is 1. The van der Waals surface area contributed by atoms with Gasteiger partial charge in [-0.2, -0.15) is 0 Å². The van der Waals surface area contributed by atoms with Gasteiger partial charge in [0.2, 0.25) is 0 Å². The standard InChI is InChI=1S/C10H8BrClN2/c11-9-8-4-3-7(12)5-14(8)10(13-9)6-1-2-6/h3-6H,1-2H2. The van der Waals surface area contributed by atoms with Crippen LogP contribution >= 0.6 is 27.5 Å². The van der Waals surface area contributed by atoms with Gasteiger partial charge in [-0.25, -0.2) is 4.98 Å². The molecule has 1 aliphatic rings. The molecular weight excluding hydrogens is 263 g/mol. The van der Waals surface area contributed by atoms with Crippen molar-refractivity contribution in [1.29, 1.82) is 0 Å². The fourth-order valence-corrected chi connectivity index (χ4v) is 2.34. The van der Waals surface area contributed by atoms with E-state index >= 15 is 0 Å². The molecule has 2 heterocycles. The highest BCUT2D eigenvalue weighted by Gasteiger charge is 2.28. The second-order valence-corrected chi connectivity index (χ2v) is 4.83. The maximum absolute atomic E-state index is 5.96. The molecule has 2 aromatic rings. The molecule has 3 rings (SSSR count). The van der Waals surface area contributed by atoms with Gasteiger partial charge in [-0.3, -0.25) is 0 Å². The van der Waals surface area contributed by atoms with E-state index in [9.17, 15) is 0 Å². The largest absolute Gasteiger partial charge is 0.301 e. The summed E-state index contributed by atoms with van der Waals surface area (Å²) in [5, 5.41) is 0.754. The summed E-state index contributed by atoms with van der Waals surface area (Å²) < 4.78 is 3.00. The van der Waals surface area contributed by atoms with Gasteiger partial charge in [-0.05, 0) is 40.9 Å². The average Bonchev–Trinajstić information content (AvgIpc) is 2.93. The molecular formula is C10H8BrClN2. The lowest BCUT2D eigenvalue weighted by Crippen LogP contribution is -1.91. The normalized spacial score (nSPS) is 16.4. The zero-order valence-electron chi connectivity index (χ0n) is 7.37. The van der Waals surface area contributed by atoms with E-state index in [0.717, 1.165) is 21.0 Å². The van der Waals surface area contributed by atoms with E-state index in [0.29, 0.717) is 5.92 Å². The third-order valence-electron chi connectivity index (χ3n) is 2.53. The average molecular weight is 272 g/mol. The highest BCUT2D eigenvalue weighted by atomic mass is 79.9. The Hall–Kier alpha value is -0.540. The van der Waals surface area contributed by atoms with Gasteiger partial charge in [0, 0.05) is 12.1 Å². The lowest BCUT2D eigenvalue weighted by Gasteiger charge is -1.98. The summed E-state index contributed by atoms with van der Waals surface area (Å²) in [7, 11) is 0. The predicted molar refractivity (Wildman–Crippen MR) is 59.9 cm³/mol. The van der Waals surface area contributed by atoms with Crippen LogP contribution in [0.3, 0.4) is 0 Å². The van der Waals surface area contributed by atoms with E-state index in [1.165, 1.54) is 12.8 Å². The van der Waals surface area contributed by atoms with Crippen LogP contribution in [0.1, 0.15) is 24.6 Å². The van der Waals surface area contributed by atoms with Gasteiger partial charge in [0.05, 0.1) is 10.5 Å². The fourth-order valence-electron chi connectivity index (χ4n) is 1.67. The van der Waals surface area contributed by atoms with Gasteiger partial charge >= 0.3 is 0 Å². The Morgan fingerprint density at radius 3 is 2.93 bits per heavy atom. The van der Waals surface area contributed by atoms with E-state index in [-0.39, 0.29) is 0 Å². The van der Waals surface area contributed by atoms with Crippen molar-refractivity contribution < 1.29 is 0 Å². The molecule has 0 N–H and O–H groups in total. The molecule has 0 unspecified atom stereocenters. The smallest absolute Gasteiger partial charge is 0.132 e. The number of pyridine rings is 1. The first-order valence-electron chi connectivity index (χ1n) is 4.59. The Morgan fingerprint density at radius 2 is 2.21 bits per heavy atom. The number of fused-ring (bicyclic) bond motifs is 1. The molecule has 0 bridgehead atoms. The Labute approximate surface area is 95.0 Å². The van der Waals surface area contributed by atoms with Gasteiger partial charge in [-0.1, -0.05) is 11.6 Å². The molecule has 1 fully saturated rings. The summed E-state index contributed by atoms with van der Waals surface area (Å²) >= 11 is 9.42. The number of aromatic nitrogens is 2. The van der Waals surface area contributed by atoms with Crippen molar-refractivity contribution in [2.75, 3.05) is 0 Å². The number of halogens is 2. The summed E-state index contributed by atoms with van der Waals surface area (Å²) in [6.07, 6.45) is 4.43. The molecule has 0 amide bonds. The van der Waals surface area contributed by atoms with Crippen molar-refractivity contribution in [2.24, 2.45) is 0 Å². The van der Waals surface area contributed by atoms with Crippen molar-refractivity contribution in [2.45, 2.75) is 18.8 Å². The third kappa shape index (κ3) is 1.27. The summed E-state index contributed by atoms with van der Waals surface area (Å²) in [5.41, 5.74) is 1.09. The van der Waals surface area contributed by atoms with Crippen LogP contribution in [-0.4, -0.2) is 9.38 Å². The Kier molecular flexibility index (Phi) is 1.86. The predicted octanol–water partition coefficient (Wildman–Crippen LogP) is 3.63. The van der Waals surface area contributed by atoms with E-state index < -0.39 is 0 Å². The second-order valence-electron chi connectivity index (χ2n) is 3.64. The number of imidazole rings is 1. The lowest BCUT2D eigenvalue weighted by atomic mass is 10.4. The van der Waals surface area contributed by atoms with E-state index in [1.807, 2.05) is 18.3 Å². The zero-order chi connectivity index (χ0) is 9.71. The first kappa shape index (κ1) is 8.74.